The van der Waals surface area contributed by atoms with E-state index in [0.717, 1.165) is 89.9 Å². The Bertz CT molecular complexity index is 1180. The molecule has 0 aromatic carbocycles. The molecular weight excluding hydrogens is 683 g/mol. The summed E-state index contributed by atoms with van der Waals surface area (Å²) in [5, 5.41) is 20.6. The van der Waals surface area contributed by atoms with Gasteiger partial charge in [0.1, 0.15) is 29.8 Å². The van der Waals surface area contributed by atoms with Crippen LogP contribution < -0.4 is 21.7 Å². The number of rotatable bonds is 22. The monoisotopic (exact) mass is 760 g/mol. The van der Waals surface area contributed by atoms with Gasteiger partial charge in [-0.2, -0.15) is 0 Å². The van der Waals surface area contributed by atoms with E-state index >= 15 is 0 Å². The summed E-state index contributed by atoms with van der Waals surface area (Å²) in [5.41, 5.74) is 4.33. The number of nitrogens with zero attached hydrogens (tertiary/aromatic N) is 1. The zero-order chi connectivity index (χ0) is 38.4. The van der Waals surface area contributed by atoms with E-state index in [1.165, 1.54) is 57.8 Å². The van der Waals surface area contributed by atoms with Gasteiger partial charge in [0, 0.05) is 25.0 Å². The van der Waals surface area contributed by atoms with Gasteiger partial charge in [0.25, 0.3) is 0 Å². The van der Waals surface area contributed by atoms with Crippen LogP contribution in [0.15, 0.2) is 12.2 Å². The molecule has 0 aromatic heterocycles. The van der Waals surface area contributed by atoms with Crippen LogP contribution in [-0.4, -0.2) is 89.2 Å². The largest absolute Gasteiger partial charge is 0.462 e. The standard InChI is InChI=1S/C43H77N5O6/c1-4-35-23-17-18-27-42(54-35)31-34-25-26-36-38(43(28-19-22-33(3)53-43)47-41(46-42)48(34)36)40(51)52-32(2)21-15-13-11-9-7-5-6-8-10-12-14-16-24-37(49)39(50)45-30-20-29-44/h17,23,32-38,41,46-47,49H,4-16,18-22,24-31,44H2,1-3H3,(H,45,50). The van der Waals surface area contributed by atoms with E-state index in [2.05, 4.69) is 53.8 Å². The van der Waals surface area contributed by atoms with E-state index in [-0.39, 0.29) is 54.2 Å². The molecule has 5 aliphatic heterocycles. The number of hydrogen-bond donors (Lipinski definition) is 5. The predicted octanol–water partition coefficient (Wildman–Crippen LogP) is 6.66. The van der Waals surface area contributed by atoms with Gasteiger partial charge in [-0.3, -0.25) is 25.1 Å². The molecule has 310 valence electrons. The Labute approximate surface area is 327 Å². The summed E-state index contributed by atoms with van der Waals surface area (Å²) in [5.74, 6) is -0.708. The van der Waals surface area contributed by atoms with Crippen LogP contribution in [0.5, 0.6) is 0 Å². The van der Waals surface area contributed by atoms with Gasteiger partial charge in [-0.15, -0.1) is 0 Å². The lowest BCUT2D eigenvalue weighted by molar-refractivity contribution is -0.256. The van der Waals surface area contributed by atoms with Crippen molar-refractivity contribution in [3.05, 3.63) is 12.2 Å². The molecule has 5 aliphatic rings. The van der Waals surface area contributed by atoms with Crippen LogP contribution >= 0.6 is 0 Å². The minimum absolute atomic E-state index is 0.0894. The maximum atomic E-state index is 14.2. The van der Waals surface area contributed by atoms with Gasteiger partial charge >= 0.3 is 5.97 Å². The predicted molar refractivity (Wildman–Crippen MR) is 213 cm³/mol. The van der Waals surface area contributed by atoms with E-state index < -0.39 is 11.8 Å². The second-order valence-electron chi connectivity index (χ2n) is 17.4. The quantitative estimate of drug-likeness (QED) is 0.0461. The van der Waals surface area contributed by atoms with Gasteiger partial charge in [0.05, 0.1) is 18.3 Å². The Balaban J connectivity index is 0.973. The highest BCUT2D eigenvalue weighted by Gasteiger charge is 2.64. The highest BCUT2D eigenvalue weighted by atomic mass is 16.6. The van der Waals surface area contributed by atoms with Crippen molar-refractivity contribution in [3.8, 4) is 0 Å². The maximum Gasteiger partial charge on any atom is 0.315 e. The molecule has 5 heterocycles. The van der Waals surface area contributed by atoms with Crippen LogP contribution in [0.3, 0.4) is 0 Å². The van der Waals surface area contributed by atoms with Crippen LogP contribution in [0, 0.1) is 5.92 Å². The third kappa shape index (κ3) is 12.0. The van der Waals surface area contributed by atoms with Crippen molar-refractivity contribution < 1.29 is 28.9 Å². The molecule has 10 atom stereocenters. The third-order valence-electron chi connectivity index (χ3n) is 12.9. The van der Waals surface area contributed by atoms with E-state index in [1.807, 2.05) is 0 Å². The number of aliphatic hydroxyl groups is 1. The zero-order valence-corrected chi connectivity index (χ0v) is 34.2. The van der Waals surface area contributed by atoms with Crippen molar-refractivity contribution in [3.63, 3.8) is 0 Å². The number of unbranched alkanes of at least 4 members (excludes halogenated alkanes) is 11. The lowest BCUT2D eigenvalue weighted by Crippen LogP contribution is -2.81. The average Bonchev–Trinajstić information content (AvgIpc) is 3.45. The third-order valence-corrected chi connectivity index (χ3v) is 12.9. The number of allylic oxidation sites excluding steroid dienone is 1. The summed E-state index contributed by atoms with van der Waals surface area (Å²) in [6.07, 6.45) is 28.8. The van der Waals surface area contributed by atoms with Gasteiger partial charge in [-0.25, -0.2) is 0 Å². The molecule has 2 spiro atoms. The summed E-state index contributed by atoms with van der Waals surface area (Å²) in [6, 6.07) is 0.452. The summed E-state index contributed by atoms with van der Waals surface area (Å²) in [7, 11) is 0. The number of nitrogens with two attached hydrogens (primary N) is 1. The average molecular weight is 760 g/mol. The Hall–Kier alpha value is -1.60. The normalized spacial score (nSPS) is 33.4. The molecule has 0 aliphatic carbocycles. The number of carbonyl (C=O) groups is 2. The molecular formula is C43H77N5O6. The molecule has 4 fully saturated rings. The fourth-order valence-corrected chi connectivity index (χ4v) is 10.1. The van der Waals surface area contributed by atoms with Crippen LogP contribution in [0.25, 0.3) is 0 Å². The molecule has 54 heavy (non-hydrogen) atoms. The van der Waals surface area contributed by atoms with Gasteiger partial charge in [-0.1, -0.05) is 89.7 Å². The fraction of sp³-hybridized carbons (Fsp3) is 0.907. The summed E-state index contributed by atoms with van der Waals surface area (Å²) in [6.45, 7) is 7.49. The molecule has 11 nitrogen and oxygen atoms in total. The zero-order valence-electron chi connectivity index (χ0n) is 34.2. The molecule has 5 rings (SSSR count). The summed E-state index contributed by atoms with van der Waals surface area (Å²) < 4.78 is 20.0. The Morgan fingerprint density at radius 2 is 1.63 bits per heavy atom. The Morgan fingerprint density at radius 3 is 2.30 bits per heavy atom. The molecule has 4 saturated heterocycles. The van der Waals surface area contributed by atoms with E-state index in [4.69, 9.17) is 19.9 Å². The number of aliphatic hydroxyl groups excluding tert-OH is 1. The first-order chi connectivity index (χ1) is 26.2. The number of nitrogens with one attached hydrogen (secondary N) is 3. The number of hydrogen-bond acceptors (Lipinski definition) is 10. The van der Waals surface area contributed by atoms with Crippen molar-refractivity contribution in [2.75, 3.05) is 13.1 Å². The van der Waals surface area contributed by atoms with Gasteiger partial charge in [0.15, 0.2) is 0 Å². The molecule has 6 N–H and O–H groups in total. The van der Waals surface area contributed by atoms with Crippen molar-refractivity contribution in [2.45, 2.75) is 229 Å². The summed E-state index contributed by atoms with van der Waals surface area (Å²) >= 11 is 0. The van der Waals surface area contributed by atoms with Crippen LogP contribution in [0.1, 0.15) is 175 Å². The molecule has 0 radical (unpaired) electrons. The lowest BCUT2D eigenvalue weighted by Gasteiger charge is -2.60. The van der Waals surface area contributed by atoms with Gasteiger partial charge < -0.3 is 30.4 Å². The van der Waals surface area contributed by atoms with Crippen LogP contribution in [-0.2, 0) is 23.8 Å². The minimum atomic E-state index is -0.896. The van der Waals surface area contributed by atoms with Crippen molar-refractivity contribution in [2.24, 2.45) is 11.7 Å². The summed E-state index contributed by atoms with van der Waals surface area (Å²) in [4.78, 5) is 28.6. The number of esters is 1. The molecule has 0 saturated carbocycles. The van der Waals surface area contributed by atoms with Crippen LogP contribution in [0.4, 0.5) is 0 Å². The Kier molecular flexibility index (Phi) is 17.6. The molecule has 0 aromatic rings. The SMILES string of the molecule is CCC1C=CCCC2(CC3CCC4C(C(=O)OC(C)CCCCCCCCCCCCCCC(O)C(=O)NCCCN)C5(CCCC(C)O5)NC(N2)N34)O1. The maximum absolute atomic E-state index is 14.2. The van der Waals surface area contributed by atoms with Gasteiger partial charge in [-0.05, 0) is 97.4 Å². The van der Waals surface area contributed by atoms with E-state index in [1.54, 1.807) is 0 Å². The molecule has 1 amide bonds. The van der Waals surface area contributed by atoms with Crippen molar-refractivity contribution in [1.29, 1.82) is 0 Å². The smallest absolute Gasteiger partial charge is 0.315 e. The highest BCUT2D eigenvalue weighted by Crippen LogP contribution is 2.49. The Morgan fingerprint density at radius 1 is 0.944 bits per heavy atom. The topological polar surface area (TPSA) is 147 Å². The van der Waals surface area contributed by atoms with Crippen LogP contribution in [0.2, 0.25) is 0 Å². The van der Waals surface area contributed by atoms with Gasteiger partial charge in [0.2, 0.25) is 5.91 Å². The fourth-order valence-electron chi connectivity index (χ4n) is 10.1. The second-order valence-corrected chi connectivity index (χ2v) is 17.4. The lowest BCUT2D eigenvalue weighted by atomic mass is 9.79. The first kappa shape index (κ1) is 43.5. The van der Waals surface area contributed by atoms with Crippen molar-refractivity contribution >= 4 is 11.9 Å². The first-order valence-electron chi connectivity index (χ1n) is 22.4. The second kappa shape index (κ2) is 21.8. The highest BCUT2D eigenvalue weighted by molar-refractivity contribution is 5.80. The number of ether oxygens (including phenoxy) is 3. The van der Waals surface area contributed by atoms with E-state index in [9.17, 15) is 14.7 Å². The van der Waals surface area contributed by atoms with Crippen molar-refractivity contribution in [1.82, 2.24) is 20.9 Å². The molecule has 10 unspecified atom stereocenters. The molecule has 0 bridgehead atoms. The minimum Gasteiger partial charge on any atom is -0.462 e. The number of carbonyl (C=O) groups excluding carboxylic acids is 2. The number of amides is 1. The van der Waals surface area contributed by atoms with E-state index in [0.29, 0.717) is 25.6 Å². The molecule has 11 heteroatoms. The first-order valence-corrected chi connectivity index (χ1v) is 22.4.